The summed E-state index contributed by atoms with van der Waals surface area (Å²) < 4.78 is 0. The summed E-state index contributed by atoms with van der Waals surface area (Å²) in [4.78, 5) is 10.3. The Morgan fingerprint density at radius 1 is 0.812 bits per heavy atom. The van der Waals surface area contributed by atoms with Gasteiger partial charge in [-0.15, -0.1) is 0 Å². The Morgan fingerprint density at radius 2 is 1.38 bits per heavy atom. The summed E-state index contributed by atoms with van der Waals surface area (Å²) in [6, 6.07) is 0. The minimum absolute atomic E-state index is 0.643. The molecule has 1 nitrogen and oxygen atoms in total. The third-order valence-electron chi connectivity index (χ3n) is 3.34. The van der Waals surface area contributed by atoms with Crippen molar-refractivity contribution >= 4 is 6.29 Å². The Bertz CT molecular complexity index is 142. The average Bonchev–Trinajstić information content (AvgIpc) is 2.31. The van der Waals surface area contributed by atoms with E-state index in [0.29, 0.717) is 6.42 Å². The van der Waals surface area contributed by atoms with Crippen LogP contribution in [0, 0.1) is 5.92 Å². The van der Waals surface area contributed by atoms with Crippen molar-refractivity contribution < 1.29 is 4.79 Å². The van der Waals surface area contributed by atoms with Crippen LogP contribution < -0.4 is 0 Å². The van der Waals surface area contributed by atoms with Crippen molar-refractivity contribution in [1.29, 1.82) is 0 Å². The highest BCUT2D eigenvalue weighted by molar-refractivity contribution is 5.50. The van der Waals surface area contributed by atoms with E-state index in [4.69, 9.17) is 0 Å². The van der Waals surface area contributed by atoms with E-state index in [2.05, 4.69) is 13.8 Å². The first-order chi connectivity index (χ1) is 7.85. The molecule has 0 fully saturated rings. The van der Waals surface area contributed by atoms with Crippen molar-refractivity contribution in [3.05, 3.63) is 0 Å². The Balaban J connectivity index is 3.58. The van der Waals surface area contributed by atoms with Gasteiger partial charge in [-0.2, -0.15) is 0 Å². The normalized spacial score (nSPS) is 12.6. The van der Waals surface area contributed by atoms with E-state index >= 15 is 0 Å². The molecule has 0 aliphatic carbocycles. The van der Waals surface area contributed by atoms with Crippen LogP contribution in [-0.2, 0) is 4.79 Å². The molecule has 0 rings (SSSR count). The van der Waals surface area contributed by atoms with Crippen LogP contribution in [0.3, 0.4) is 0 Å². The molecular weight excluding hydrogens is 196 g/mol. The zero-order valence-electron chi connectivity index (χ0n) is 11.3. The van der Waals surface area contributed by atoms with Gasteiger partial charge in [0.05, 0.1) is 0 Å². The molecular formula is C15H29O. The highest BCUT2D eigenvalue weighted by Crippen LogP contribution is 2.22. The van der Waals surface area contributed by atoms with Crippen molar-refractivity contribution in [2.75, 3.05) is 0 Å². The molecule has 0 heterocycles. The molecule has 1 unspecified atom stereocenters. The van der Waals surface area contributed by atoms with Gasteiger partial charge in [-0.05, 0) is 12.3 Å². The van der Waals surface area contributed by atoms with Crippen LogP contribution in [0.5, 0.6) is 0 Å². The molecule has 95 valence electrons. The number of unbranched alkanes of at least 4 members (excludes halogenated alkanes) is 5. The quantitative estimate of drug-likeness (QED) is 0.425. The summed E-state index contributed by atoms with van der Waals surface area (Å²) in [6.07, 6.45) is 15.8. The van der Waals surface area contributed by atoms with Gasteiger partial charge in [0.2, 0.25) is 0 Å². The predicted octanol–water partition coefficient (Wildman–Crippen LogP) is 5.04. The smallest absolute Gasteiger partial charge is 0.198 e. The molecule has 0 aromatic carbocycles. The van der Waals surface area contributed by atoms with E-state index in [1.165, 1.54) is 57.8 Å². The van der Waals surface area contributed by atoms with Gasteiger partial charge >= 0.3 is 0 Å². The number of rotatable bonds is 12. The fourth-order valence-electron chi connectivity index (χ4n) is 2.24. The molecule has 1 atom stereocenters. The molecule has 0 spiro atoms. The highest BCUT2D eigenvalue weighted by Gasteiger charge is 2.07. The van der Waals surface area contributed by atoms with E-state index in [-0.39, 0.29) is 0 Å². The van der Waals surface area contributed by atoms with Gasteiger partial charge < -0.3 is 0 Å². The predicted molar refractivity (Wildman–Crippen MR) is 71.3 cm³/mol. The van der Waals surface area contributed by atoms with Gasteiger partial charge in [0, 0.05) is 6.42 Å². The number of hydrogen-bond donors (Lipinski definition) is 0. The van der Waals surface area contributed by atoms with Crippen LogP contribution in [0.4, 0.5) is 0 Å². The Labute approximate surface area is 102 Å². The maximum Gasteiger partial charge on any atom is 0.198 e. The zero-order valence-corrected chi connectivity index (χ0v) is 11.3. The van der Waals surface area contributed by atoms with Crippen LogP contribution in [0.1, 0.15) is 84.5 Å². The minimum atomic E-state index is 0.643. The second-order valence-corrected chi connectivity index (χ2v) is 4.89. The molecule has 0 aliphatic rings. The SMILES string of the molecule is CCCCCCC(CC[C]=O)CCCCC. The first kappa shape index (κ1) is 15.7. The lowest BCUT2D eigenvalue weighted by Crippen LogP contribution is -2.01. The van der Waals surface area contributed by atoms with Crippen LogP contribution in [0.25, 0.3) is 0 Å². The highest BCUT2D eigenvalue weighted by atomic mass is 16.1. The second-order valence-electron chi connectivity index (χ2n) is 4.89. The minimum Gasteiger partial charge on any atom is -0.291 e. The van der Waals surface area contributed by atoms with Crippen LogP contribution in [-0.4, -0.2) is 6.29 Å². The van der Waals surface area contributed by atoms with Crippen LogP contribution >= 0.6 is 0 Å². The summed E-state index contributed by atoms with van der Waals surface area (Å²) in [5, 5.41) is 0. The molecule has 0 aliphatic heterocycles. The molecule has 16 heavy (non-hydrogen) atoms. The topological polar surface area (TPSA) is 17.1 Å². The Hall–Kier alpha value is -0.330. The third kappa shape index (κ3) is 10.2. The molecule has 0 aromatic heterocycles. The molecule has 0 saturated carbocycles. The molecule has 0 aromatic rings. The first-order valence-electron chi connectivity index (χ1n) is 7.20. The largest absolute Gasteiger partial charge is 0.291 e. The zero-order chi connectivity index (χ0) is 12.1. The fourth-order valence-corrected chi connectivity index (χ4v) is 2.24. The van der Waals surface area contributed by atoms with Gasteiger partial charge in [0.25, 0.3) is 0 Å². The van der Waals surface area contributed by atoms with Crippen molar-refractivity contribution in [2.45, 2.75) is 84.5 Å². The van der Waals surface area contributed by atoms with Gasteiger partial charge in [0.15, 0.2) is 6.29 Å². The maximum absolute atomic E-state index is 10.3. The molecule has 0 amide bonds. The lowest BCUT2D eigenvalue weighted by molar-refractivity contribution is 0.387. The van der Waals surface area contributed by atoms with Gasteiger partial charge in [-0.3, -0.25) is 4.79 Å². The van der Waals surface area contributed by atoms with Gasteiger partial charge in [0.1, 0.15) is 0 Å². The summed E-state index contributed by atoms with van der Waals surface area (Å²) in [6.45, 7) is 4.50. The summed E-state index contributed by atoms with van der Waals surface area (Å²) in [5.41, 5.74) is 0. The van der Waals surface area contributed by atoms with E-state index in [1.54, 1.807) is 0 Å². The summed E-state index contributed by atoms with van der Waals surface area (Å²) >= 11 is 0. The average molecular weight is 225 g/mol. The Morgan fingerprint density at radius 3 is 1.94 bits per heavy atom. The summed E-state index contributed by atoms with van der Waals surface area (Å²) in [7, 11) is 0. The monoisotopic (exact) mass is 225 g/mol. The van der Waals surface area contributed by atoms with E-state index < -0.39 is 0 Å². The molecule has 1 heteroatoms. The van der Waals surface area contributed by atoms with Crippen molar-refractivity contribution in [2.24, 2.45) is 5.92 Å². The second kappa shape index (κ2) is 12.7. The van der Waals surface area contributed by atoms with Crippen molar-refractivity contribution in [3.63, 3.8) is 0 Å². The molecule has 1 radical (unpaired) electrons. The van der Waals surface area contributed by atoms with E-state index in [1.807, 2.05) is 6.29 Å². The van der Waals surface area contributed by atoms with Crippen molar-refractivity contribution in [3.8, 4) is 0 Å². The Kier molecular flexibility index (Phi) is 12.5. The lowest BCUT2D eigenvalue weighted by Gasteiger charge is -2.15. The molecule has 0 bridgehead atoms. The maximum atomic E-state index is 10.3. The van der Waals surface area contributed by atoms with Gasteiger partial charge in [-0.25, -0.2) is 0 Å². The van der Waals surface area contributed by atoms with E-state index in [9.17, 15) is 4.79 Å². The summed E-state index contributed by atoms with van der Waals surface area (Å²) in [5.74, 6) is 0.782. The van der Waals surface area contributed by atoms with E-state index in [0.717, 1.165) is 12.3 Å². The van der Waals surface area contributed by atoms with Crippen molar-refractivity contribution in [1.82, 2.24) is 0 Å². The van der Waals surface area contributed by atoms with Crippen LogP contribution in [0.2, 0.25) is 0 Å². The third-order valence-corrected chi connectivity index (χ3v) is 3.34. The fraction of sp³-hybridized carbons (Fsp3) is 0.933. The first-order valence-corrected chi connectivity index (χ1v) is 7.20. The molecule has 0 N–H and O–H groups in total. The molecule has 0 saturated heterocycles. The lowest BCUT2D eigenvalue weighted by atomic mass is 9.91. The van der Waals surface area contributed by atoms with Gasteiger partial charge in [-0.1, -0.05) is 71.6 Å². The van der Waals surface area contributed by atoms with Crippen LogP contribution in [0.15, 0.2) is 0 Å². The number of hydrogen-bond acceptors (Lipinski definition) is 1. The standard InChI is InChI=1S/C15H29O/c1-3-5-7-9-12-15(13-10-14-16)11-8-6-4-2/h15H,3-13H2,1-2H3. The number of carbonyl (C=O) groups excluding carboxylic acids is 1.